The monoisotopic (exact) mass is 266 g/mol. The second-order valence-electron chi connectivity index (χ2n) is 7.34. The lowest BCUT2D eigenvalue weighted by Gasteiger charge is -2.57. The molecule has 4 aliphatic rings. The summed E-state index contributed by atoms with van der Waals surface area (Å²) in [7, 11) is 1.76. The van der Waals surface area contributed by atoms with Gasteiger partial charge in [-0.3, -0.25) is 0 Å². The summed E-state index contributed by atoms with van der Waals surface area (Å²) in [5.41, 5.74) is 0.682. The van der Waals surface area contributed by atoms with Crippen LogP contribution in [0.5, 0.6) is 0 Å². The molecule has 0 unspecified atom stereocenters. The number of rotatable bonds is 8. The van der Waals surface area contributed by atoms with E-state index in [1.807, 2.05) is 0 Å². The summed E-state index contributed by atoms with van der Waals surface area (Å²) in [6, 6.07) is 0. The number of nitrogens with one attached hydrogen (secondary N) is 2. The Morgan fingerprint density at radius 3 is 2.05 bits per heavy atom. The molecule has 2 N–H and O–H groups in total. The first-order valence-electron chi connectivity index (χ1n) is 8.20. The third-order valence-corrected chi connectivity index (χ3v) is 5.63. The van der Waals surface area contributed by atoms with Crippen LogP contribution in [0.25, 0.3) is 0 Å². The van der Waals surface area contributed by atoms with Crippen molar-refractivity contribution in [1.29, 1.82) is 0 Å². The summed E-state index contributed by atoms with van der Waals surface area (Å²) in [5, 5.41) is 7.12. The molecule has 4 rings (SSSR count). The van der Waals surface area contributed by atoms with Gasteiger partial charge >= 0.3 is 0 Å². The van der Waals surface area contributed by atoms with Crippen molar-refractivity contribution in [1.82, 2.24) is 10.6 Å². The van der Waals surface area contributed by atoms with Crippen molar-refractivity contribution in [2.45, 2.75) is 38.5 Å². The molecular weight excluding hydrogens is 236 g/mol. The van der Waals surface area contributed by atoms with Crippen LogP contribution >= 0.6 is 0 Å². The summed E-state index contributed by atoms with van der Waals surface area (Å²) < 4.78 is 5.03. The third kappa shape index (κ3) is 3.32. The van der Waals surface area contributed by atoms with Crippen LogP contribution in [0.15, 0.2) is 0 Å². The fourth-order valence-corrected chi connectivity index (χ4v) is 5.34. The van der Waals surface area contributed by atoms with Crippen LogP contribution in [0, 0.1) is 23.2 Å². The lowest BCUT2D eigenvalue weighted by atomic mass is 9.49. The van der Waals surface area contributed by atoms with Crippen molar-refractivity contribution >= 4 is 0 Å². The quantitative estimate of drug-likeness (QED) is 0.660. The van der Waals surface area contributed by atoms with Gasteiger partial charge in [0.2, 0.25) is 0 Å². The molecule has 0 aliphatic heterocycles. The van der Waals surface area contributed by atoms with Gasteiger partial charge in [0.1, 0.15) is 0 Å². The summed E-state index contributed by atoms with van der Waals surface area (Å²) >= 11 is 0. The van der Waals surface area contributed by atoms with E-state index in [1.54, 1.807) is 26.4 Å². The van der Waals surface area contributed by atoms with E-state index in [2.05, 4.69) is 10.6 Å². The normalized spacial score (nSPS) is 39.9. The highest BCUT2D eigenvalue weighted by atomic mass is 16.5. The molecule has 4 saturated carbocycles. The molecule has 0 spiro atoms. The molecule has 3 nitrogen and oxygen atoms in total. The Bertz CT molecular complexity index is 257. The minimum atomic E-state index is 0.682. The molecule has 110 valence electrons. The van der Waals surface area contributed by atoms with Crippen LogP contribution in [0.2, 0.25) is 0 Å². The molecule has 0 heterocycles. The molecule has 0 atom stereocenters. The van der Waals surface area contributed by atoms with Gasteiger partial charge in [0.05, 0.1) is 6.61 Å². The zero-order chi connectivity index (χ0) is 13.1. The van der Waals surface area contributed by atoms with Crippen LogP contribution in [0.1, 0.15) is 38.5 Å². The highest BCUT2D eigenvalue weighted by Crippen LogP contribution is 2.59. The first-order valence-corrected chi connectivity index (χ1v) is 8.20. The van der Waals surface area contributed by atoms with E-state index in [1.165, 1.54) is 25.8 Å². The fraction of sp³-hybridized carbons (Fsp3) is 1.00. The highest BCUT2D eigenvalue weighted by molar-refractivity contribution is 5.02. The average molecular weight is 266 g/mol. The standard InChI is InChI=1S/C16H30N2O/c1-19-5-4-17-2-3-18-12-16-9-13-6-14(10-16)8-15(7-13)11-16/h13-15,17-18H,2-12H2,1H3. The minimum absolute atomic E-state index is 0.682. The maximum atomic E-state index is 5.03. The number of ether oxygens (including phenoxy) is 1. The van der Waals surface area contributed by atoms with Crippen LogP contribution in [-0.2, 0) is 4.74 Å². The second kappa shape index (κ2) is 6.11. The van der Waals surface area contributed by atoms with Crippen molar-refractivity contribution in [3.63, 3.8) is 0 Å². The largest absolute Gasteiger partial charge is 0.383 e. The molecule has 19 heavy (non-hydrogen) atoms. The first kappa shape index (κ1) is 13.8. The van der Waals surface area contributed by atoms with Gasteiger partial charge in [-0.05, 0) is 61.7 Å². The number of hydrogen-bond donors (Lipinski definition) is 2. The van der Waals surface area contributed by atoms with Crippen LogP contribution in [-0.4, -0.2) is 39.9 Å². The smallest absolute Gasteiger partial charge is 0.0587 e. The van der Waals surface area contributed by atoms with E-state index in [-0.39, 0.29) is 0 Å². The predicted octanol–water partition coefficient (Wildman–Crippen LogP) is 2.03. The number of hydrogen-bond acceptors (Lipinski definition) is 3. The Morgan fingerprint density at radius 2 is 1.47 bits per heavy atom. The predicted molar refractivity (Wildman–Crippen MR) is 78.2 cm³/mol. The maximum Gasteiger partial charge on any atom is 0.0587 e. The van der Waals surface area contributed by atoms with Crippen molar-refractivity contribution in [2.75, 3.05) is 39.9 Å². The topological polar surface area (TPSA) is 33.3 Å². The van der Waals surface area contributed by atoms with Crippen molar-refractivity contribution < 1.29 is 4.74 Å². The van der Waals surface area contributed by atoms with Crippen molar-refractivity contribution in [3.05, 3.63) is 0 Å². The van der Waals surface area contributed by atoms with Crippen LogP contribution < -0.4 is 10.6 Å². The summed E-state index contributed by atoms with van der Waals surface area (Å²) in [4.78, 5) is 0. The lowest BCUT2D eigenvalue weighted by Crippen LogP contribution is -2.50. The molecule has 0 saturated heterocycles. The SMILES string of the molecule is COCCNCCNCC12CC3CC(CC(C3)C1)C2. The lowest BCUT2D eigenvalue weighted by molar-refractivity contribution is -0.0511. The van der Waals surface area contributed by atoms with E-state index in [4.69, 9.17) is 4.74 Å². The Labute approximate surface area is 117 Å². The molecule has 4 fully saturated rings. The first-order chi connectivity index (χ1) is 9.30. The van der Waals surface area contributed by atoms with Gasteiger partial charge in [0.25, 0.3) is 0 Å². The maximum absolute atomic E-state index is 5.03. The zero-order valence-corrected chi connectivity index (χ0v) is 12.4. The van der Waals surface area contributed by atoms with Gasteiger partial charge in [-0.1, -0.05) is 0 Å². The number of methoxy groups -OCH3 is 1. The summed E-state index contributed by atoms with van der Waals surface area (Å²) in [6.45, 7) is 5.22. The fourth-order valence-electron chi connectivity index (χ4n) is 5.34. The van der Waals surface area contributed by atoms with E-state index >= 15 is 0 Å². The van der Waals surface area contributed by atoms with E-state index in [0.717, 1.165) is 44.0 Å². The average Bonchev–Trinajstić information content (AvgIpc) is 2.36. The van der Waals surface area contributed by atoms with E-state index in [9.17, 15) is 0 Å². The summed E-state index contributed by atoms with van der Waals surface area (Å²) in [6.07, 6.45) is 9.21. The van der Waals surface area contributed by atoms with Gasteiger partial charge in [0.15, 0.2) is 0 Å². The van der Waals surface area contributed by atoms with Crippen molar-refractivity contribution in [2.24, 2.45) is 23.2 Å². The Hall–Kier alpha value is -0.120. The van der Waals surface area contributed by atoms with Crippen LogP contribution in [0.4, 0.5) is 0 Å². The minimum Gasteiger partial charge on any atom is -0.383 e. The molecule has 3 heteroatoms. The van der Waals surface area contributed by atoms with E-state index < -0.39 is 0 Å². The molecule has 4 bridgehead atoms. The Morgan fingerprint density at radius 1 is 0.895 bits per heavy atom. The highest BCUT2D eigenvalue weighted by Gasteiger charge is 2.50. The van der Waals surface area contributed by atoms with Gasteiger partial charge in [-0.2, -0.15) is 0 Å². The molecule has 0 aromatic rings. The Balaban J connectivity index is 1.36. The molecule has 0 aromatic heterocycles. The van der Waals surface area contributed by atoms with E-state index in [0.29, 0.717) is 5.41 Å². The van der Waals surface area contributed by atoms with Gasteiger partial charge in [-0.15, -0.1) is 0 Å². The molecule has 0 aromatic carbocycles. The molecule has 0 amide bonds. The van der Waals surface area contributed by atoms with Crippen molar-refractivity contribution in [3.8, 4) is 0 Å². The molecule has 0 radical (unpaired) electrons. The second-order valence-corrected chi connectivity index (χ2v) is 7.34. The molecular formula is C16H30N2O. The summed E-state index contributed by atoms with van der Waals surface area (Å²) in [5.74, 6) is 3.23. The zero-order valence-electron chi connectivity index (χ0n) is 12.4. The Kier molecular flexibility index (Phi) is 4.45. The van der Waals surface area contributed by atoms with Gasteiger partial charge in [0, 0.05) is 33.3 Å². The van der Waals surface area contributed by atoms with Gasteiger partial charge in [-0.25, -0.2) is 0 Å². The van der Waals surface area contributed by atoms with Crippen LogP contribution in [0.3, 0.4) is 0 Å². The third-order valence-electron chi connectivity index (χ3n) is 5.63. The molecule has 4 aliphatic carbocycles. The van der Waals surface area contributed by atoms with Gasteiger partial charge < -0.3 is 15.4 Å².